The molecule has 1 saturated heterocycles. The quantitative estimate of drug-likeness (QED) is 0.761. The van der Waals surface area contributed by atoms with Crippen molar-refractivity contribution in [3.63, 3.8) is 0 Å². The van der Waals surface area contributed by atoms with Gasteiger partial charge in [-0.25, -0.2) is 0 Å². The summed E-state index contributed by atoms with van der Waals surface area (Å²) in [7, 11) is 2.22. The van der Waals surface area contributed by atoms with Crippen LogP contribution >= 0.6 is 11.6 Å². The highest BCUT2D eigenvalue weighted by Crippen LogP contribution is 2.42. The van der Waals surface area contributed by atoms with E-state index in [1.165, 1.54) is 36.3 Å². The van der Waals surface area contributed by atoms with Crippen molar-refractivity contribution in [2.75, 3.05) is 32.0 Å². The van der Waals surface area contributed by atoms with Gasteiger partial charge < -0.3 is 10.2 Å². The molecule has 2 heterocycles. The first-order valence-corrected chi connectivity index (χ1v) is 6.76. The molecule has 0 bridgehead atoms. The minimum atomic E-state index is 0.681. The highest BCUT2D eigenvalue weighted by Gasteiger charge is 2.34. The minimum Gasteiger partial charge on any atom is -0.384 e. The SMILES string of the molecule is Cc1c(Cl)ccc2c1NCC1CCN(C)CC21. The maximum atomic E-state index is 6.20. The van der Waals surface area contributed by atoms with E-state index in [2.05, 4.69) is 30.3 Å². The van der Waals surface area contributed by atoms with E-state index in [0.717, 1.165) is 17.5 Å². The van der Waals surface area contributed by atoms with Gasteiger partial charge in [-0.05, 0) is 50.0 Å². The fraction of sp³-hybridized carbons (Fsp3) is 0.571. The van der Waals surface area contributed by atoms with Crippen LogP contribution in [0, 0.1) is 12.8 Å². The second kappa shape index (κ2) is 4.18. The third-order valence-electron chi connectivity index (χ3n) is 4.33. The van der Waals surface area contributed by atoms with Gasteiger partial charge in [0.15, 0.2) is 0 Å². The number of benzene rings is 1. The lowest BCUT2D eigenvalue weighted by molar-refractivity contribution is 0.192. The number of fused-ring (bicyclic) bond motifs is 3. The maximum Gasteiger partial charge on any atom is 0.0455 e. The Balaban J connectivity index is 2.03. The molecule has 1 N–H and O–H groups in total. The van der Waals surface area contributed by atoms with Crippen LogP contribution in [0.2, 0.25) is 5.02 Å². The van der Waals surface area contributed by atoms with E-state index >= 15 is 0 Å². The number of hydrogen-bond donors (Lipinski definition) is 1. The molecule has 0 aromatic heterocycles. The van der Waals surface area contributed by atoms with Gasteiger partial charge in [0, 0.05) is 29.7 Å². The lowest BCUT2D eigenvalue weighted by Crippen LogP contribution is -2.42. The van der Waals surface area contributed by atoms with Crippen molar-refractivity contribution in [1.82, 2.24) is 4.90 Å². The minimum absolute atomic E-state index is 0.681. The number of nitrogens with zero attached hydrogens (tertiary/aromatic N) is 1. The van der Waals surface area contributed by atoms with E-state index in [1.807, 2.05) is 6.07 Å². The zero-order chi connectivity index (χ0) is 12.0. The van der Waals surface area contributed by atoms with Gasteiger partial charge in [0.1, 0.15) is 0 Å². The predicted octanol–water partition coefficient (Wildman–Crippen LogP) is 3.11. The molecule has 2 nitrogen and oxygen atoms in total. The van der Waals surface area contributed by atoms with Crippen LogP contribution in [0.3, 0.4) is 0 Å². The van der Waals surface area contributed by atoms with Gasteiger partial charge >= 0.3 is 0 Å². The normalized spacial score (nSPS) is 28.2. The van der Waals surface area contributed by atoms with Gasteiger partial charge in [-0.3, -0.25) is 0 Å². The average molecular weight is 251 g/mol. The molecule has 0 spiro atoms. The Morgan fingerprint density at radius 3 is 3.06 bits per heavy atom. The molecule has 2 atom stereocenters. The molecule has 3 heteroatoms. The van der Waals surface area contributed by atoms with E-state index < -0.39 is 0 Å². The molecule has 0 radical (unpaired) electrons. The zero-order valence-electron chi connectivity index (χ0n) is 10.5. The Morgan fingerprint density at radius 2 is 2.24 bits per heavy atom. The summed E-state index contributed by atoms with van der Waals surface area (Å²) in [6.45, 7) is 5.62. The van der Waals surface area contributed by atoms with Crippen molar-refractivity contribution in [1.29, 1.82) is 0 Å². The summed E-state index contributed by atoms with van der Waals surface area (Å²) >= 11 is 6.20. The van der Waals surface area contributed by atoms with Gasteiger partial charge in [-0.1, -0.05) is 17.7 Å². The van der Waals surface area contributed by atoms with Crippen molar-refractivity contribution in [2.24, 2.45) is 5.92 Å². The second-order valence-corrected chi connectivity index (χ2v) is 5.84. The third-order valence-corrected chi connectivity index (χ3v) is 4.74. The molecule has 2 aliphatic rings. The fourth-order valence-corrected chi connectivity index (χ4v) is 3.40. The lowest BCUT2D eigenvalue weighted by atomic mass is 9.77. The van der Waals surface area contributed by atoms with Gasteiger partial charge in [0.05, 0.1) is 0 Å². The predicted molar refractivity (Wildman–Crippen MR) is 73.0 cm³/mol. The van der Waals surface area contributed by atoms with E-state index in [0.29, 0.717) is 5.92 Å². The highest BCUT2D eigenvalue weighted by molar-refractivity contribution is 6.31. The van der Waals surface area contributed by atoms with Crippen LogP contribution in [-0.4, -0.2) is 31.6 Å². The Kier molecular flexibility index (Phi) is 2.80. The Hall–Kier alpha value is -0.730. The molecule has 1 fully saturated rings. The molecule has 1 aromatic rings. The molecule has 0 saturated carbocycles. The number of rotatable bonds is 0. The maximum absolute atomic E-state index is 6.20. The zero-order valence-corrected chi connectivity index (χ0v) is 11.2. The molecule has 1 aromatic carbocycles. The molecular formula is C14H19ClN2. The van der Waals surface area contributed by atoms with Crippen molar-refractivity contribution >= 4 is 17.3 Å². The van der Waals surface area contributed by atoms with Crippen LogP contribution in [0.1, 0.15) is 23.5 Å². The van der Waals surface area contributed by atoms with Crippen LogP contribution < -0.4 is 5.32 Å². The van der Waals surface area contributed by atoms with Crippen LogP contribution in [-0.2, 0) is 0 Å². The highest BCUT2D eigenvalue weighted by atomic mass is 35.5. The number of nitrogens with one attached hydrogen (secondary N) is 1. The summed E-state index contributed by atoms with van der Waals surface area (Å²) in [5.41, 5.74) is 3.96. The summed E-state index contributed by atoms with van der Waals surface area (Å²) < 4.78 is 0. The van der Waals surface area contributed by atoms with E-state index in [-0.39, 0.29) is 0 Å². The second-order valence-electron chi connectivity index (χ2n) is 5.44. The number of likely N-dealkylation sites (tertiary alicyclic amines) is 1. The number of halogens is 1. The van der Waals surface area contributed by atoms with Crippen LogP contribution in [0.15, 0.2) is 12.1 Å². The first-order chi connectivity index (χ1) is 8.16. The van der Waals surface area contributed by atoms with E-state index in [4.69, 9.17) is 11.6 Å². The van der Waals surface area contributed by atoms with Gasteiger partial charge in [0.25, 0.3) is 0 Å². The molecule has 3 rings (SSSR count). The number of anilines is 1. The first-order valence-electron chi connectivity index (χ1n) is 6.38. The third kappa shape index (κ3) is 1.84. The largest absolute Gasteiger partial charge is 0.384 e. The summed E-state index contributed by atoms with van der Waals surface area (Å²) in [5, 5.41) is 4.46. The smallest absolute Gasteiger partial charge is 0.0455 e. The average Bonchev–Trinajstić information content (AvgIpc) is 2.33. The van der Waals surface area contributed by atoms with Crippen molar-refractivity contribution in [2.45, 2.75) is 19.3 Å². The Bertz CT molecular complexity index is 444. The molecule has 0 amide bonds. The number of hydrogen-bond acceptors (Lipinski definition) is 2. The van der Waals surface area contributed by atoms with E-state index in [1.54, 1.807) is 0 Å². The van der Waals surface area contributed by atoms with Crippen molar-refractivity contribution in [3.05, 3.63) is 28.3 Å². The van der Waals surface area contributed by atoms with Crippen LogP contribution in [0.25, 0.3) is 0 Å². The fourth-order valence-electron chi connectivity index (χ4n) is 3.24. The summed E-state index contributed by atoms with van der Waals surface area (Å²) in [6, 6.07) is 4.27. The summed E-state index contributed by atoms with van der Waals surface area (Å²) in [6.07, 6.45) is 1.30. The number of piperidine rings is 1. The van der Waals surface area contributed by atoms with Gasteiger partial charge in [-0.15, -0.1) is 0 Å². The van der Waals surface area contributed by atoms with E-state index in [9.17, 15) is 0 Å². The van der Waals surface area contributed by atoms with Crippen LogP contribution in [0.5, 0.6) is 0 Å². The number of likely N-dealkylation sites (N-methyl/N-ethyl adjacent to an activating group) is 1. The first kappa shape index (κ1) is 11.4. The van der Waals surface area contributed by atoms with Crippen molar-refractivity contribution < 1.29 is 0 Å². The topological polar surface area (TPSA) is 15.3 Å². The molecule has 92 valence electrons. The molecule has 2 unspecified atom stereocenters. The monoisotopic (exact) mass is 250 g/mol. The molecule has 17 heavy (non-hydrogen) atoms. The molecule has 0 aliphatic carbocycles. The Morgan fingerprint density at radius 1 is 1.41 bits per heavy atom. The lowest BCUT2D eigenvalue weighted by Gasteiger charge is -2.42. The van der Waals surface area contributed by atoms with Gasteiger partial charge in [-0.2, -0.15) is 0 Å². The molecular weight excluding hydrogens is 232 g/mol. The van der Waals surface area contributed by atoms with Crippen LogP contribution in [0.4, 0.5) is 5.69 Å². The molecule has 2 aliphatic heterocycles. The van der Waals surface area contributed by atoms with Crippen molar-refractivity contribution in [3.8, 4) is 0 Å². The summed E-state index contributed by atoms with van der Waals surface area (Å²) in [4.78, 5) is 2.44. The standard InChI is InChI=1S/C14H19ClN2/c1-9-13(15)4-3-11-12-8-17(2)6-5-10(12)7-16-14(9)11/h3-4,10,12,16H,5-8H2,1-2H3. The van der Waals surface area contributed by atoms with Gasteiger partial charge in [0.2, 0.25) is 0 Å². The summed E-state index contributed by atoms with van der Waals surface area (Å²) in [5.74, 6) is 1.47. The Labute approximate surface area is 108 Å².